The van der Waals surface area contributed by atoms with E-state index in [1.165, 1.54) is 12.0 Å². The number of hydrogen-bond donors (Lipinski definition) is 1. The van der Waals surface area contributed by atoms with Crippen LogP contribution in [0, 0.1) is 0 Å². The van der Waals surface area contributed by atoms with Crippen molar-refractivity contribution >= 4 is 23.4 Å². The smallest absolute Gasteiger partial charge is 0.273 e. The van der Waals surface area contributed by atoms with Crippen LogP contribution < -0.4 is 10.1 Å². The molecule has 3 rings (SSSR count). The molecule has 29 heavy (non-hydrogen) atoms. The fourth-order valence-electron chi connectivity index (χ4n) is 2.68. The summed E-state index contributed by atoms with van der Waals surface area (Å²) >= 11 is 1.77. The average molecular weight is 407 g/mol. The van der Waals surface area contributed by atoms with Gasteiger partial charge in [-0.25, -0.2) is 0 Å². The number of ether oxygens (including phenoxy) is 1. The van der Waals surface area contributed by atoms with Gasteiger partial charge in [-0.3, -0.25) is 4.79 Å². The molecule has 0 bridgehead atoms. The Labute approximate surface area is 174 Å². The van der Waals surface area contributed by atoms with E-state index < -0.39 is 0 Å². The fourth-order valence-corrected chi connectivity index (χ4v) is 3.55. The van der Waals surface area contributed by atoms with E-state index in [1.807, 2.05) is 48.5 Å². The lowest BCUT2D eigenvalue weighted by atomic mass is 10.1. The Morgan fingerprint density at radius 2 is 1.76 bits per heavy atom. The first-order valence-electron chi connectivity index (χ1n) is 9.08. The number of carbonyl (C=O) groups excluding carboxylic acids is 1. The predicted octanol–water partition coefficient (Wildman–Crippen LogP) is 4.87. The van der Waals surface area contributed by atoms with E-state index in [4.69, 9.17) is 9.57 Å². The average Bonchev–Trinajstić information content (AvgIpc) is 2.77. The van der Waals surface area contributed by atoms with Crippen molar-refractivity contribution in [3.05, 3.63) is 90.0 Å². The van der Waals surface area contributed by atoms with Gasteiger partial charge in [-0.15, -0.1) is 11.8 Å². The van der Waals surface area contributed by atoms with Crippen molar-refractivity contribution in [1.82, 2.24) is 5.32 Å². The van der Waals surface area contributed by atoms with Gasteiger partial charge in [0.05, 0.1) is 5.56 Å². The highest BCUT2D eigenvalue weighted by atomic mass is 32.2. The zero-order valence-electron chi connectivity index (χ0n) is 16.3. The van der Waals surface area contributed by atoms with Crippen molar-refractivity contribution in [3.8, 4) is 11.5 Å². The predicted molar refractivity (Wildman–Crippen MR) is 117 cm³/mol. The molecule has 0 aliphatic rings. The van der Waals surface area contributed by atoms with Crippen LogP contribution in [-0.4, -0.2) is 25.8 Å². The highest BCUT2D eigenvalue weighted by Crippen LogP contribution is 2.29. The highest BCUT2D eigenvalue weighted by molar-refractivity contribution is 7.98. The van der Waals surface area contributed by atoms with E-state index in [2.05, 4.69) is 28.7 Å². The first kappa shape index (κ1) is 20.5. The topological polar surface area (TPSA) is 59.9 Å². The van der Waals surface area contributed by atoms with Crippen molar-refractivity contribution in [2.75, 3.05) is 14.2 Å². The lowest BCUT2D eigenvalue weighted by Gasteiger charge is -2.13. The number of likely N-dealkylation sites (N-methyl/N-ethyl adjacent to an activating group) is 1. The van der Waals surface area contributed by atoms with Gasteiger partial charge in [-0.05, 0) is 42.0 Å². The van der Waals surface area contributed by atoms with Gasteiger partial charge in [0.1, 0.15) is 18.6 Å². The van der Waals surface area contributed by atoms with E-state index in [1.54, 1.807) is 30.9 Å². The van der Waals surface area contributed by atoms with Crippen LogP contribution in [0.5, 0.6) is 11.5 Å². The third kappa shape index (κ3) is 5.62. The van der Waals surface area contributed by atoms with Gasteiger partial charge in [0.2, 0.25) is 0 Å². The van der Waals surface area contributed by atoms with Gasteiger partial charge in [0, 0.05) is 17.7 Å². The number of nitrogens with zero attached hydrogens (tertiary/aromatic N) is 1. The minimum Gasteiger partial charge on any atom is -0.457 e. The Hall–Kier alpha value is -3.25. The monoisotopic (exact) mass is 406 g/mol. The van der Waals surface area contributed by atoms with Gasteiger partial charge in [0.15, 0.2) is 5.71 Å². The molecule has 0 aliphatic carbocycles. The van der Waals surface area contributed by atoms with Gasteiger partial charge in [-0.1, -0.05) is 47.6 Å². The van der Waals surface area contributed by atoms with Crippen molar-refractivity contribution < 1.29 is 14.4 Å². The molecule has 0 saturated heterocycles. The second-order valence-corrected chi connectivity index (χ2v) is 7.10. The Bertz CT molecular complexity index is 990. The molecule has 0 spiro atoms. The number of para-hydroxylation sites is 1. The van der Waals surface area contributed by atoms with Crippen LogP contribution in [0.2, 0.25) is 0 Å². The zero-order valence-corrected chi connectivity index (χ0v) is 17.1. The number of hydrogen-bond acceptors (Lipinski definition) is 5. The molecule has 0 atom stereocenters. The Morgan fingerprint density at radius 3 is 2.52 bits per heavy atom. The SMILES string of the molecule is CNC(=O)/C(=N\OC)c1ccccc1Oc1cccc(CSc2ccccc2)c1. The fraction of sp³-hybridized carbons (Fsp3) is 0.130. The maximum absolute atomic E-state index is 12.2. The minimum absolute atomic E-state index is 0.154. The number of benzene rings is 3. The number of nitrogens with one attached hydrogen (secondary N) is 1. The summed E-state index contributed by atoms with van der Waals surface area (Å²) in [6.07, 6.45) is 0. The third-order valence-electron chi connectivity index (χ3n) is 4.04. The molecule has 0 aliphatic heterocycles. The van der Waals surface area contributed by atoms with Crippen molar-refractivity contribution in [2.45, 2.75) is 10.6 Å². The van der Waals surface area contributed by atoms with Crippen LogP contribution >= 0.6 is 11.8 Å². The number of oxime groups is 1. The van der Waals surface area contributed by atoms with Gasteiger partial charge < -0.3 is 14.9 Å². The van der Waals surface area contributed by atoms with Crippen LogP contribution in [0.3, 0.4) is 0 Å². The summed E-state index contributed by atoms with van der Waals surface area (Å²) in [5, 5.41) is 6.44. The molecule has 0 saturated carbocycles. The Morgan fingerprint density at radius 1 is 1.00 bits per heavy atom. The van der Waals surface area contributed by atoms with Gasteiger partial charge in [-0.2, -0.15) is 0 Å². The van der Waals surface area contributed by atoms with E-state index in [0.717, 1.165) is 11.3 Å². The van der Waals surface area contributed by atoms with Crippen LogP contribution in [-0.2, 0) is 15.4 Å². The van der Waals surface area contributed by atoms with E-state index in [-0.39, 0.29) is 11.6 Å². The van der Waals surface area contributed by atoms with Crippen molar-refractivity contribution in [2.24, 2.45) is 5.16 Å². The molecule has 6 heteroatoms. The summed E-state index contributed by atoms with van der Waals surface area (Å²) in [7, 11) is 2.95. The number of rotatable bonds is 8. The molecule has 3 aromatic rings. The lowest BCUT2D eigenvalue weighted by molar-refractivity contribution is -0.114. The van der Waals surface area contributed by atoms with Crippen molar-refractivity contribution in [3.63, 3.8) is 0 Å². The Balaban J connectivity index is 1.80. The summed E-state index contributed by atoms with van der Waals surface area (Å²) in [6, 6.07) is 25.4. The number of carbonyl (C=O) groups is 1. The standard InChI is InChI=1S/C23H22N2O3S/c1-24-23(26)22(25-27-2)20-13-6-7-14-21(20)28-18-10-8-9-17(15-18)16-29-19-11-4-3-5-12-19/h3-15H,16H2,1-2H3,(H,24,26)/b25-22-. The molecule has 148 valence electrons. The summed E-state index contributed by atoms with van der Waals surface area (Å²) in [5.74, 6) is 1.70. The summed E-state index contributed by atoms with van der Waals surface area (Å²) in [6.45, 7) is 0. The largest absolute Gasteiger partial charge is 0.457 e. The molecule has 0 radical (unpaired) electrons. The molecule has 5 nitrogen and oxygen atoms in total. The van der Waals surface area contributed by atoms with Crippen molar-refractivity contribution in [1.29, 1.82) is 0 Å². The van der Waals surface area contributed by atoms with Crippen LogP contribution in [0.15, 0.2) is 88.9 Å². The first-order chi connectivity index (χ1) is 14.2. The quantitative estimate of drug-likeness (QED) is 0.329. The number of thioether (sulfide) groups is 1. The van der Waals surface area contributed by atoms with E-state index in [9.17, 15) is 4.79 Å². The first-order valence-corrected chi connectivity index (χ1v) is 10.1. The van der Waals surface area contributed by atoms with Crippen LogP contribution in [0.4, 0.5) is 0 Å². The Kier molecular flexibility index (Phi) is 7.30. The van der Waals surface area contributed by atoms with Gasteiger partial charge >= 0.3 is 0 Å². The summed E-state index contributed by atoms with van der Waals surface area (Å²) in [5.41, 5.74) is 1.85. The molecular formula is C23H22N2O3S. The van der Waals surface area contributed by atoms with Crippen LogP contribution in [0.25, 0.3) is 0 Å². The molecule has 0 aromatic heterocycles. The molecule has 0 heterocycles. The maximum atomic E-state index is 12.2. The minimum atomic E-state index is -0.351. The van der Waals surface area contributed by atoms with E-state index >= 15 is 0 Å². The highest BCUT2D eigenvalue weighted by Gasteiger charge is 2.18. The maximum Gasteiger partial charge on any atom is 0.273 e. The van der Waals surface area contributed by atoms with Gasteiger partial charge in [0.25, 0.3) is 5.91 Å². The zero-order chi connectivity index (χ0) is 20.5. The molecule has 0 unspecified atom stereocenters. The molecular weight excluding hydrogens is 384 g/mol. The third-order valence-corrected chi connectivity index (χ3v) is 5.13. The normalized spacial score (nSPS) is 11.0. The van der Waals surface area contributed by atoms with E-state index in [0.29, 0.717) is 17.1 Å². The lowest BCUT2D eigenvalue weighted by Crippen LogP contribution is -2.28. The second kappa shape index (κ2) is 10.3. The molecule has 1 N–H and O–H groups in total. The number of amides is 1. The molecule has 0 fully saturated rings. The summed E-state index contributed by atoms with van der Waals surface area (Å²) < 4.78 is 6.10. The molecule has 3 aromatic carbocycles. The molecule has 1 amide bonds. The summed E-state index contributed by atoms with van der Waals surface area (Å²) in [4.78, 5) is 18.3. The second-order valence-electron chi connectivity index (χ2n) is 6.05. The van der Waals surface area contributed by atoms with Crippen LogP contribution in [0.1, 0.15) is 11.1 Å².